The van der Waals surface area contributed by atoms with Crippen LogP contribution < -0.4 is 5.32 Å². The zero-order chi connectivity index (χ0) is 14.8. The quantitative estimate of drug-likeness (QED) is 0.899. The van der Waals surface area contributed by atoms with Crippen LogP contribution in [0.15, 0.2) is 24.3 Å². The molecule has 21 heavy (non-hydrogen) atoms. The van der Waals surface area contributed by atoms with Gasteiger partial charge in [0.15, 0.2) is 0 Å². The summed E-state index contributed by atoms with van der Waals surface area (Å²) in [4.78, 5) is 6.31. The zero-order valence-corrected chi connectivity index (χ0v) is 13.4. The maximum Gasteiger partial charge on any atom is 0.124 e. The van der Waals surface area contributed by atoms with E-state index in [9.17, 15) is 5.11 Å². The fraction of sp³-hybridized carbons (Fsp3) is 0.471. The number of nitrogens with zero attached hydrogens (tertiary/aromatic N) is 1. The van der Waals surface area contributed by atoms with Gasteiger partial charge < -0.3 is 10.4 Å². The van der Waals surface area contributed by atoms with Crippen molar-refractivity contribution < 1.29 is 5.11 Å². The number of hydrogen-bond acceptors (Lipinski definition) is 4. The lowest BCUT2D eigenvalue weighted by Gasteiger charge is -2.22. The number of aromatic hydroxyl groups is 1. The van der Waals surface area contributed by atoms with Crippen LogP contribution in [0, 0.1) is 0 Å². The van der Waals surface area contributed by atoms with Crippen LogP contribution in [0.25, 0.3) is 10.6 Å². The Bertz CT molecular complexity index is 621. The fourth-order valence-corrected chi connectivity index (χ4v) is 4.03. The summed E-state index contributed by atoms with van der Waals surface area (Å²) in [5.41, 5.74) is 2.29. The van der Waals surface area contributed by atoms with Gasteiger partial charge in [-0.3, -0.25) is 0 Å². The van der Waals surface area contributed by atoms with Gasteiger partial charge in [0.2, 0.25) is 0 Å². The third kappa shape index (κ3) is 3.27. The van der Waals surface area contributed by atoms with Crippen LogP contribution >= 0.6 is 11.3 Å². The summed E-state index contributed by atoms with van der Waals surface area (Å²) in [6.45, 7) is 5.37. The Morgan fingerprint density at radius 2 is 2.29 bits per heavy atom. The minimum Gasteiger partial charge on any atom is -0.508 e. The lowest BCUT2D eigenvalue weighted by molar-refractivity contribution is 0.474. The molecule has 0 saturated carbocycles. The number of aromatic nitrogens is 1. The number of hydrogen-bond donors (Lipinski definition) is 2. The number of benzene rings is 1. The second-order valence-corrected chi connectivity index (χ2v) is 7.11. The van der Waals surface area contributed by atoms with Crippen molar-refractivity contribution in [2.75, 3.05) is 6.54 Å². The van der Waals surface area contributed by atoms with Crippen molar-refractivity contribution in [3.63, 3.8) is 0 Å². The van der Waals surface area contributed by atoms with E-state index < -0.39 is 0 Å². The first kappa shape index (κ1) is 14.5. The Labute approximate surface area is 130 Å². The molecule has 2 aromatic rings. The van der Waals surface area contributed by atoms with Crippen LogP contribution in [0.2, 0.25) is 0 Å². The van der Waals surface area contributed by atoms with Gasteiger partial charge in [0.05, 0.1) is 5.69 Å². The van der Waals surface area contributed by atoms with Crippen molar-refractivity contribution in [2.24, 2.45) is 0 Å². The van der Waals surface area contributed by atoms with Gasteiger partial charge in [-0.2, -0.15) is 0 Å². The van der Waals surface area contributed by atoms with Gasteiger partial charge in [0, 0.05) is 28.9 Å². The molecule has 1 unspecified atom stereocenters. The van der Waals surface area contributed by atoms with Crippen LogP contribution in [0.3, 0.4) is 0 Å². The maximum atomic E-state index is 9.64. The molecular weight excluding hydrogens is 280 g/mol. The number of fused-ring (bicyclic) bond motifs is 1. The molecule has 1 heterocycles. The monoisotopic (exact) mass is 302 g/mol. The highest BCUT2D eigenvalue weighted by molar-refractivity contribution is 7.15. The fourth-order valence-electron chi connectivity index (χ4n) is 2.85. The van der Waals surface area contributed by atoms with Gasteiger partial charge in [-0.05, 0) is 31.4 Å². The van der Waals surface area contributed by atoms with E-state index in [0.29, 0.717) is 17.7 Å². The summed E-state index contributed by atoms with van der Waals surface area (Å²) >= 11 is 1.79. The summed E-state index contributed by atoms with van der Waals surface area (Å²) in [5.74, 6) is 0.831. The highest BCUT2D eigenvalue weighted by Crippen LogP contribution is 2.38. The Kier molecular flexibility index (Phi) is 4.27. The lowest BCUT2D eigenvalue weighted by Crippen LogP contribution is -2.29. The second-order valence-electron chi connectivity index (χ2n) is 6.03. The molecule has 3 rings (SSSR count). The number of phenols is 1. The largest absolute Gasteiger partial charge is 0.508 e. The molecule has 1 aromatic heterocycles. The highest BCUT2D eigenvalue weighted by atomic mass is 32.1. The molecule has 2 N–H and O–H groups in total. The van der Waals surface area contributed by atoms with E-state index >= 15 is 0 Å². The van der Waals surface area contributed by atoms with Gasteiger partial charge in [-0.15, -0.1) is 11.3 Å². The van der Waals surface area contributed by atoms with Gasteiger partial charge in [0.1, 0.15) is 10.8 Å². The van der Waals surface area contributed by atoms with Gasteiger partial charge in [-0.25, -0.2) is 4.98 Å². The van der Waals surface area contributed by atoms with Gasteiger partial charge in [-0.1, -0.05) is 26.0 Å². The minimum absolute atomic E-state index is 0.304. The summed E-state index contributed by atoms with van der Waals surface area (Å²) in [6.07, 6.45) is 3.61. The summed E-state index contributed by atoms with van der Waals surface area (Å²) in [7, 11) is 0. The van der Waals surface area contributed by atoms with Crippen LogP contribution in [-0.2, 0) is 6.42 Å². The molecule has 1 atom stereocenters. The first-order valence-electron chi connectivity index (χ1n) is 7.66. The molecule has 3 nitrogen and oxygen atoms in total. The minimum atomic E-state index is 0.304. The van der Waals surface area contributed by atoms with Crippen molar-refractivity contribution in [3.8, 4) is 16.3 Å². The van der Waals surface area contributed by atoms with Gasteiger partial charge >= 0.3 is 0 Å². The number of phenolic OH excluding ortho intramolecular Hbond substituents is 1. The number of thiazole rings is 1. The molecule has 0 bridgehead atoms. The first-order chi connectivity index (χ1) is 10.1. The first-order valence-corrected chi connectivity index (χ1v) is 8.47. The standard InChI is InChI=1S/C17H22N2OS/c1-11(2)18-10-13-6-4-8-15-16(13)19-17(21-15)12-5-3-7-14(20)9-12/h3,5,7,9,11,13,18,20H,4,6,8,10H2,1-2H3. The Balaban J connectivity index is 1.87. The molecule has 0 fully saturated rings. The molecular formula is C17H22N2OS. The topological polar surface area (TPSA) is 45.1 Å². The molecule has 0 aliphatic heterocycles. The predicted molar refractivity (Wildman–Crippen MR) is 88.0 cm³/mol. The summed E-state index contributed by atoms with van der Waals surface area (Å²) in [6, 6.07) is 7.91. The molecule has 4 heteroatoms. The van der Waals surface area contributed by atoms with Crippen LogP contribution in [0.5, 0.6) is 5.75 Å². The number of aryl methyl sites for hydroxylation is 1. The molecule has 0 saturated heterocycles. The number of rotatable bonds is 4. The van der Waals surface area contributed by atoms with E-state index in [1.807, 2.05) is 12.1 Å². The van der Waals surface area contributed by atoms with Crippen LogP contribution in [-0.4, -0.2) is 22.7 Å². The molecule has 1 aliphatic carbocycles. The molecule has 0 spiro atoms. The van der Waals surface area contributed by atoms with Crippen molar-refractivity contribution in [3.05, 3.63) is 34.8 Å². The molecule has 112 valence electrons. The van der Waals surface area contributed by atoms with Gasteiger partial charge in [0.25, 0.3) is 0 Å². The summed E-state index contributed by atoms with van der Waals surface area (Å²) in [5, 5.41) is 14.2. The Morgan fingerprint density at radius 1 is 1.43 bits per heavy atom. The van der Waals surface area contributed by atoms with Crippen LogP contribution in [0.4, 0.5) is 0 Å². The second kappa shape index (κ2) is 6.16. The molecule has 0 radical (unpaired) electrons. The van der Waals surface area contributed by atoms with E-state index in [-0.39, 0.29) is 0 Å². The van der Waals surface area contributed by atoms with Crippen molar-refractivity contribution in [1.82, 2.24) is 10.3 Å². The van der Waals surface area contributed by atoms with Crippen LogP contribution in [0.1, 0.15) is 43.2 Å². The van der Waals surface area contributed by atoms with E-state index in [4.69, 9.17) is 4.98 Å². The SMILES string of the molecule is CC(C)NCC1CCCc2sc(-c3cccc(O)c3)nc21. The molecule has 0 amide bonds. The predicted octanol–water partition coefficient (Wildman–Crippen LogP) is 3.93. The average Bonchev–Trinajstić information content (AvgIpc) is 2.89. The van der Waals surface area contributed by atoms with Crippen molar-refractivity contribution >= 4 is 11.3 Å². The Morgan fingerprint density at radius 3 is 3.05 bits per heavy atom. The van der Waals surface area contributed by atoms with E-state index in [1.54, 1.807) is 23.5 Å². The highest BCUT2D eigenvalue weighted by Gasteiger charge is 2.25. The third-order valence-electron chi connectivity index (χ3n) is 3.94. The van der Waals surface area contributed by atoms with E-state index in [1.165, 1.54) is 23.4 Å². The summed E-state index contributed by atoms with van der Waals surface area (Å²) < 4.78 is 0. The Hall–Kier alpha value is -1.39. The molecule has 1 aromatic carbocycles. The number of nitrogens with one attached hydrogen (secondary N) is 1. The van der Waals surface area contributed by atoms with Crippen molar-refractivity contribution in [1.29, 1.82) is 0 Å². The zero-order valence-electron chi connectivity index (χ0n) is 12.6. The lowest BCUT2D eigenvalue weighted by atomic mass is 9.91. The average molecular weight is 302 g/mol. The smallest absolute Gasteiger partial charge is 0.124 e. The maximum absolute atomic E-state index is 9.64. The van der Waals surface area contributed by atoms with Crippen molar-refractivity contribution in [2.45, 2.75) is 45.1 Å². The van der Waals surface area contributed by atoms with E-state index in [0.717, 1.165) is 23.5 Å². The normalized spacial score (nSPS) is 18.0. The molecule has 1 aliphatic rings. The van der Waals surface area contributed by atoms with E-state index in [2.05, 4.69) is 19.2 Å². The third-order valence-corrected chi connectivity index (χ3v) is 5.12.